The van der Waals surface area contributed by atoms with Crippen molar-refractivity contribution in [2.24, 2.45) is 0 Å². The van der Waals surface area contributed by atoms with Crippen LogP contribution in [0.25, 0.3) is 0 Å². The topological polar surface area (TPSA) is 12.0 Å². The molecule has 1 fully saturated rings. The first-order valence-corrected chi connectivity index (χ1v) is 4.93. The quantitative estimate of drug-likeness (QED) is 0.544. The molecule has 1 nitrogen and oxygen atoms in total. The summed E-state index contributed by atoms with van der Waals surface area (Å²) in [7, 11) is 0. The fraction of sp³-hybridized carbons (Fsp3) is 1.00. The Kier molecular flexibility index (Phi) is 3.26. The molecule has 0 aliphatic carbocycles. The van der Waals surface area contributed by atoms with Gasteiger partial charge in [-0.2, -0.15) is 0 Å². The first-order chi connectivity index (χ1) is 4.30. The first-order valence-electron chi connectivity index (χ1n) is 3.68. The lowest BCUT2D eigenvalue weighted by Gasteiger charge is -2.25. The molecular formula is C7H14IN. The Hall–Kier alpha value is 0.690. The second kappa shape index (κ2) is 3.76. The lowest BCUT2D eigenvalue weighted by atomic mass is 10.0. The van der Waals surface area contributed by atoms with Crippen LogP contribution in [-0.4, -0.2) is 16.5 Å². The van der Waals surface area contributed by atoms with Crippen molar-refractivity contribution in [1.29, 1.82) is 0 Å². The molecule has 1 N–H and O–H groups in total. The minimum Gasteiger partial charge on any atom is -0.313 e. The Morgan fingerprint density at radius 2 is 2.33 bits per heavy atom. The van der Waals surface area contributed by atoms with Crippen molar-refractivity contribution < 1.29 is 0 Å². The number of halogens is 1. The summed E-state index contributed by atoms with van der Waals surface area (Å²) in [6.07, 6.45) is 4.18. The molecule has 0 aromatic rings. The van der Waals surface area contributed by atoms with Crippen LogP contribution in [0, 0.1) is 0 Å². The molecule has 1 unspecified atom stereocenters. The molecule has 0 amide bonds. The van der Waals surface area contributed by atoms with E-state index in [1.54, 1.807) is 0 Å². The van der Waals surface area contributed by atoms with Crippen molar-refractivity contribution in [3.63, 3.8) is 0 Å². The lowest BCUT2D eigenvalue weighted by molar-refractivity contribution is 0.405. The summed E-state index contributed by atoms with van der Waals surface area (Å²) in [6, 6.07) is 0.791. The third-order valence-electron chi connectivity index (χ3n) is 1.90. The fourth-order valence-electron chi connectivity index (χ4n) is 1.27. The fourth-order valence-corrected chi connectivity index (χ4v) is 1.88. The van der Waals surface area contributed by atoms with Gasteiger partial charge in [0.2, 0.25) is 0 Å². The Labute approximate surface area is 70.7 Å². The summed E-state index contributed by atoms with van der Waals surface area (Å²) in [6.45, 7) is 3.52. The van der Waals surface area contributed by atoms with E-state index in [0.29, 0.717) is 0 Å². The number of alkyl halides is 1. The van der Waals surface area contributed by atoms with Gasteiger partial charge in [-0.3, -0.25) is 0 Å². The van der Waals surface area contributed by atoms with E-state index in [0.717, 1.165) is 9.97 Å². The summed E-state index contributed by atoms with van der Waals surface area (Å²) in [5, 5.41) is 3.51. The van der Waals surface area contributed by atoms with Crippen LogP contribution >= 0.6 is 22.6 Å². The average molecular weight is 239 g/mol. The standard InChI is InChI=1S/C7H14IN/c1-6(8)7-4-2-3-5-9-7/h6-7,9H,2-5H2,1H3/t6?,7-/m1/s1. The summed E-state index contributed by atoms with van der Waals surface area (Å²) < 4.78 is 0.794. The molecule has 1 aliphatic heterocycles. The van der Waals surface area contributed by atoms with E-state index in [1.165, 1.54) is 25.8 Å². The predicted octanol–water partition coefficient (Wildman–Crippen LogP) is 1.95. The van der Waals surface area contributed by atoms with Crippen LogP contribution in [0.3, 0.4) is 0 Å². The van der Waals surface area contributed by atoms with E-state index in [2.05, 4.69) is 34.8 Å². The third kappa shape index (κ3) is 2.42. The van der Waals surface area contributed by atoms with Crippen LogP contribution in [0.2, 0.25) is 0 Å². The second-order valence-corrected chi connectivity index (χ2v) is 4.70. The van der Waals surface area contributed by atoms with Gasteiger partial charge in [0.1, 0.15) is 0 Å². The molecule has 0 aromatic carbocycles. The maximum absolute atomic E-state index is 3.51. The highest BCUT2D eigenvalue weighted by Crippen LogP contribution is 2.15. The minimum absolute atomic E-state index is 0.791. The molecule has 1 aliphatic rings. The van der Waals surface area contributed by atoms with E-state index in [1.807, 2.05) is 0 Å². The molecule has 0 saturated carbocycles. The smallest absolute Gasteiger partial charge is 0.0235 e. The van der Waals surface area contributed by atoms with Gasteiger partial charge in [-0.15, -0.1) is 0 Å². The van der Waals surface area contributed by atoms with Crippen LogP contribution in [0.15, 0.2) is 0 Å². The van der Waals surface area contributed by atoms with Crippen molar-refractivity contribution in [3.8, 4) is 0 Å². The van der Waals surface area contributed by atoms with Gasteiger partial charge in [0.05, 0.1) is 0 Å². The highest BCUT2D eigenvalue weighted by atomic mass is 127. The number of piperidine rings is 1. The van der Waals surface area contributed by atoms with E-state index in [9.17, 15) is 0 Å². The Morgan fingerprint density at radius 1 is 1.56 bits per heavy atom. The van der Waals surface area contributed by atoms with Crippen LogP contribution in [0.4, 0.5) is 0 Å². The molecule has 1 rings (SSSR count). The minimum atomic E-state index is 0.791. The number of rotatable bonds is 1. The molecule has 0 aromatic heterocycles. The van der Waals surface area contributed by atoms with Gasteiger partial charge in [0.15, 0.2) is 0 Å². The van der Waals surface area contributed by atoms with Gasteiger partial charge in [-0.05, 0) is 19.4 Å². The summed E-state index contributed by atoms with van der Waals surface area (Å²) in [5.41, 5.74) is 0. The van der Waals surface area contributed by atoms with Crippen molar-refractivity contribution in [2.45, 2.75) is 36.2 Å². The highest BCUT2D eigenvalue weighted by molar-refractivity contribution is 14.1. The Balaban J connectivity index is 2.23. The van der Waals surface area contributed by atoms with E-state index in [4.69, 9.17) is 0 Å². The molecule has 1 saturated heterocycles. The maximum atomic E-state index is 3.51. The largest absolute Gasteiger partial charge is 0.313 e. The average Bonchev–Trinajstić information content (AvgIpc) is 1.90. The highest BCUT2D eigenvalue weighted by Gasteiger charge is 2.15. The Bertz CT molecular complexity index is 77.0. The van der Waals surface area contributed by atoms with Gasteiger partial charge in [-0.25, -0.2) is 0 Å². The molecule has 0 radical (unpaired) electrons. The molecule has 9 heavy (non-hydrogen) atoms. The van der Waals surface area contributed by atoms with Gasteiger partial charge in [0.25, 0.3) is 0 Å². The van der Waals surface area contributed by atoms with Crippen LogP contribution in [0.5, 0.6) is 0 Å². The second-order valence-electron chi connectivity index (χ2n) is 2.73. The SMILES string of the molecule is CC(I)[C@H]1CCCCN1. The van der Waals surface area contributed by atoms with Crippen molar-refractivity contribution >= 4 is 22.6 Å². The summed E-state index contributed by atoms with van der Waals surface area (Å²) >= 11 is 2.50. The molecule has 0 bridgehead atoms. The molecular weight excluding hydrogens is 225 g/mol. The third-order valence-corrected chi connectivity index (χ3v) is 2.77. The zero-order chi connectivity index (χ0) is 6.69. The summed E-state index contributed by atoms with van der Waals surface area (Å²) in [5.74, 6) is 0. The van der Waals surface area contributed by atoms with E-state index < -0.39 is 0 Å². The van der Waals surface area contributed by atoms with Gasteiger partial charge >= 0.3 is 0 Å². The maximum Gasteiger partial charge on any atom is 0.0235 e. The van der Waals surface area contributed by atoms with Crippen molar-refractivity contribution in [3.05, 3.63) is 0 Å². The zero-order valence-corrected chi connectivity index (χ0v) is 8.02. The molecule has 2 atom stereocenters. The number of hydrogen-bond acceptors (Lipinski definition) is 1. The van der Waals surface area contributed by atoms with Crippen molar-refractivity contribution in [2.75, 3.05) is 6.54 Å². The summed E-state index contributed by atoms with van der Waals surface area (Å²) in [4.78, 5) is 0. The van der Waals surface area contributed by atoms with Crippen molar-refractivity contribution in [1.82, 2.24) is 5.32 Å². The van der Waals surface area contributed by atoms with E-state index in [-0.39, 0.29) is 0 Å². The first kappa shape index (κ1) is 7.79. The number of nitrogens with one attached hydrogen (secondary N) is 1. The normalized spacial score (nSPS) is 32.0. The zero-order valence-electron chi connectivity index (χ0n) is 5.86. The predicted molar refractivity (Wildman–Crippen MR) is 49.1 cm³/mol. The van der Waals surface area contributed by atoms with Gasteiger partial charge in [-0.1, -0.05) is 35.9 Å². The molecule has 54 valence electrons. The monoisotopic (exact) mass is 239 g/mol. The van der Waals surface area contributed by atoms with Gasteiger partial charge in [0, 0.05) is 9.97 Å². The molecule has 2 heteroatoms. The van der Waals surface area contributed by atoms with Crippen LogP contribution in [0.1, 0.15) is 26.2 Å². The van der Waals surface area contributed by atoms with E-state index >= 15 is 0 Å². The van der Waals surface area contributed by atoms with Crippen LogP contribution < -0.4 is 5.32 Å². The lowest BCUT2D eigenvalue weighted by Crippen LogP contribution is -2.39. The molecule has 0 spiro atoms. The Morgan fingerprint density at radius 3 is 2.67 bits per heavy atom. The number of hydrogen-bond donors (Lipinski definition) is 1. The van der Waals surface area contributed by atoms with Crippen LogP contribution in [-0.2, 0) is 0 Å². The molecule has 1 heterocycles. The van der Waals surface area contributed by atoms with Gasteiger partial charge < -0.3 is 5.32 Å².